The molecule has 1 saturated heterocycles. The van der Waals surface area contributed by atoms with Crippen LogP contribution in [-0.2, 0) is 11.3 Å². The Kier molecular flexibility index (Phi) is 5.38. The van der Waals surface area contributed by atoms with Gasteiger partial charge in [-0.3, -0.25) is 9.88 Å². The van der Waals surface area contributed by atoms with Crippen LogP contribution in [0.1, 0.15) is 17.2 Å². The average Bonchev–Trinajstić information content (AvgIpc) is 2.81. The molecule has 1 aliphatic heterocycles. The minimum absolute atomic E-state index is 0.134. The topological polar surface area (TPSA) is 50.3 Å². The Bertz CT molecular complexity index is 1110. The Morgan fingerprint density at radius 3 is 2.77 bits per heavy atom. The molecule has 0 unspecified atom stereocenters. The monoisotopic (exact) mass is 396 g/mol. The smallest absolute Gasteiger partial charge is 0.130 e. The molecule has 0 aliphatic carbocycles. The molecule has 0 spiro atoms. The molecule has 3 heterocycles. The largest absolute Gasteiger partial charge is 0.371 e. The van der Waals surface area contributed by atoms with Crippen molar-refractivity contribution < 1.29 is 4.74 Å². The van der Waals surface area contributed by atoms with Gasteiger partial charge in [-0.25, -0.2) is 4.98 Å². The molecular formula is C25H24N4O. The van der Waals surface area contributed by atoms with Gasteiger partial charge in [0, 0.05) is 54.7 Å². The molecule has 4 aromatic rings. The van der Waals surface area contributed by atoms with Gasteiger partial charge in [-0.15, -0.1) is 0 Å². The second kappa shape index (κ2) is 8.61. The van der Waals surface area contributed by atoms with Crippen molar-refractivity contribution in [3.05, 3.63) is 96.4 Å². The minimum atomic E-state index is 0.134. The molecule has 5 nitrogen and oxygen atoms in total. The Labute approximate surface area is 176 Å². The van der Waals surface area contributed by atoms with Crippen molar-refractivity contribution in [1.29, 1.82) is 0 Å². The average molecular weight is 396 g/mol. The number of fused-ring (bicyclic) bond motifs is 1. The first kappa shape index (κ1) is 18.7. The molecule has 0 saturated carbocycles. The summed E-state index contributed by atoms with van der Waals surface area (Å²) >= 11 is 0. The predicted octanol–water partition coefficient (Wildman–Crippen LogP) is 4.95. The van der Waals surface area contributed by atoms with Gasteiger partial charge in [0.1, 0.15) is 5.82 Å². The number of ether oxygens (including phenoxy) is 1. The van der Waals surface area contributed by atoms with Crippen LogP contribution in [0.15, 0.2) is 85.3 Å². The van der Waals surface area contributed by atoms with Gasteiger partial charge in [0.05, 0.1) is 12.7 Å². The Hall–Kier alpha value is -3.28. The number of nitrogens with one attached hydrogen (secondary N) is 1. The number of pyridine rings is 2. The third kappa shape index (κ3) is 4.17. The van der Waals surface area contributed by atoms with Crippen LogP contribution >= 0.6 is 0 Å². The molecule has 2 aromatic carbocycles. The molecule has 1 aliphatic rings. The Balaban J connectivity index is 1.25. The lowest BCUT2D eigenvalue weighted by atomic mass is 10.1. The van der Waals surface area contributed by atoms with E-state index in [2.05, 4.69) is 62.6 Å². The molecule has 5 heteroatoms. The number of nitrogens with zero attached hydrogens (tertiary/aromatic N) is 3. The second-order valence-corrected chi connectivity index (χ2v) is 7.58. The quantitative estimate of drug-likeness (QED) is 0.517. The number of hydrogen-bond acceptors (Lipinski definition) is 5. The van der Waals surface area contributed by atoms with E-state index in [9.17, 15) is 0 Å². The lowest BCUT2D eigenvalue weighted by Gasteiger charge is -2.33. The summed E-state index contributed by atoms with van der Waals surface area (Å²) in [4.78, 5) is 11.3. The SMILES string of the molecule is c1ccc([C@H]2CN(Cc3ccc(Nc4cccc5cnccc45)nc3)CCO2)cc1. The van der Waals surface area contributed by atoms with Gasteiger partial charge in [-0.05, 0) is 29.3 Å². The summed E-state index contributed by atoms with van der Waals surface area (Å²) in [6, 6.07) is 22.8. The maximum atomic E-state index is 5.98. The molecule has 0 bridgehead atoms. The second-order valence-electron chi connectivity index (χ2n) is 7.58. The summed E-state index contributed by atoms with van der Waals surface area (Å²) in [6.45, 7) is 3.46. The van der Waals surface area contributed by atoms with Gasteiger partial charge in [0.15, 0.2) is 0 Å². The Morgan fingerprint density at radius 2 is 1.90 bits per heavy atom. The van der Waals surface area contributed by atoms with Crippen molar-refractivity contribution in [3.63, 3.8) is 0 Å². The molecule has 1 N–H and O–H groups in total. The summed E-state index contributed by atoms with van der Waals surface area (Å²) in [5, 5.41) is 5.68. The number of rotatable bonds is 5. The molecule has 1 fully saturated rings. The van der Waals surface area contributed by atoms with E-state index < -0.39 is 0 Å². The standard InChI is InChI=1S/C25H24N4O/c1-2-5-20(6-3-1)24-18-29(13-14-30-24)17-19-9-10-25(27-15-19)28-23-8-4-7-21-16-26-12-11-22(21)23/h1-12,15-16,24H,13-14,17-18H2,(H,27,28)/t24-/m1/s1. The first-order valence-corrected chi connectivity index (χ1v) is 10.3. The van der Waals surface area contributed by atoms with Gasteiger partial charge < -0.3 is 10.1 Å². The fourth-order valence-electron chi connectivity index (χ4n) is 3.94. The number of aromatic nitrogens is 2. The molecule has 1 atom stereocenters. The normalized spacial score (nSPS) is 17.1. The molecular weight excluding hydrogens is 372 g/mol. The van der Waals surface area contributed by atoms with E-state index in [4.69, 9.17) is 4.74 Å². The van der Waals surface area contributed by atoms with E-state index in [1.807, 2.05) is 42.9 Å². The van der Waals surface area contributed by atoms with Crippen LogP contribution in [-0.4, -0.2) is 34.6 Å². The van der Waals surface area contributed by atoms with Crippen LogP contribution < -0.4 is 5.32 Å². The maximum absolute atomic E-state index is 5.98. The predicted molar refractivity (Wildman–Crippen MR) is 120 cm³/mol. The van der Waals surface area contributed by atoms with Gasteiger partial charge in [0.2, 0.25) is 0 Å². The van der Waals surface area contributed by atoms with Crippen LogP contribution in [0.5, 0.6) is 0 Å². The van der Waals surface area contributed by atoms with Crippen LogP contribution in [0.4, 0.5) is 11.5 Å². The van der Waals surface area contributed by atoms with Gasteiger partial charge >= 0.3 is 0 Å². The number of benzene rings is 2. The van der Waals surface area contributed by atoms with Crippen molar-refractivity contribution in [2.45, 2.75) is 12.6 Å². The highest BCUT2D eigenvalue weighted by Crippen LogP contribution is 2.26. The van der Waals surface area contributed by atoms with Crippen LogP contribution in [0.2, 0.25) is 0 Å². The summed E-state index contributed by atoms with van der Waals surface area (Å²) < 4.78 is 5.98. The summed E-state index contributed by atoms with van der Waals surface area (Å²) in [5.41, 5.74) is 3.48. The fraction of sp³-hybridized carbons (Fsp3) is 0.200. The molecule has 0 radical (unpaired) electrons. The van der Waals surface area contributed by atoms with E-state index in [1.54, 1.807) is 0 Å². The lowest BCUT2D eigenvalue weighted by molar-refractivity contribution is -0.0329. The maximum Gasteiger partial charge on any atom is 0.130 e. The Morgan fingerprint density at radius 1 is 0.967 bits per heavy atom. The van der Waals surface area contributed by atoms with E-state index >= 15 is 0 Å². The zero-order valence-electron chi connectivity index (χ0n) is 16.7. The number of anilines is 2. The van der Waals surface area contributed by atoms with Crippen molar-refractivity contribution in [3.8, 4) is 0 Å². The first-order valence-electron chi connectivity index (χ1n) is 10.3. The molecule has 0 amide bonds. The van der Waals surface area contributed by atoms with E-state index in [0.29, 0.717) is 0 Å². The summed E-state index contributed by atoms with van der Waals surface area (Å²) in [5.74, 6) is 0.840. The first-order chi connectivity index (χ1) is 14.8. The van der Waals surface area contributed by atoms with Crippen molar-refractivity contribution in [1.82, 2.24) is 14.9 Å². The third-order valence-electron chi connectivity index (χ3n) is 5.50. The highest BCUT2D eigenvalue weighted by molar-refractivity contribution is 5.94. The van der Waals surface area contributed by atoms with Gasteiger partial charge in [-0.1, -0.05) is 48.5 Å². The van der Waals surface area contributed by atoms with E-state index in [0.717, 1.165) is 48.5 Å². The van der Waals surface area contributed by atoms with E-state index in [-0.39, 0.29) is 6.10 Å². The molecule has 150 valence electrons. The third-order valence-corrected chi connectivity index (χ3v) is 5.50. The zero-order valence-corrected chi connectivity index (χ0v) is 16.7. The minimum Gasteiger partial charge on any atom is -0.371 e. The molecule has 2 aromatic heterocycles. The van der Waals surface area contributed by atoms with Crippen LogP contribution in [0, 0.1) is 0 Å². The molecule has 5 rings (SSSR count). The van der Waals surface area contributed by atoms with Gasteiger partial charge in [0.25, 0.3) is 0 Å². The van der Waals surface area contributed by atoms with E-state index in [1.165, 1.54) is 11.1 Å². The fourth-order valence-corrected chi connectivity index (χ4v) is 3.94. The number of hydrogen-bond donors (Lipinski definition) is 1. The van der Waals surface area contributed by atoms with Gasteiger partial charge in [-0.2, -0.15) is 0 Å². The van der Waals surface area contributed by atoms with Crippen molar-refractivity contribution in [2.24, 2.45) is 0 Å². The molecule has 30 heavy (non-hydrogen) atoms. The van der Waals surface area contributed by atoms with Crippen molar-refractivity contribution >= 4 is 22.3 Å². The number of morpholine rings is 1. The van der Waals surface area contributed by atoms with Crippen LogP contribution in [0.25, 0.3) is 10.8 Å². The zero-order chi connectivity index (χ0) is 20.2. The summed E-state index contributed by atoms with van der Waals surface area (Å²) in [7, 11) is 0. The highest BCUT2D eigenvalue weighted by atomic mass is 16.5. The van der Waals surface area contributed by atoms with Crippen molar-refractivity contribution in [2.75, 3.05) is 25.0 Å². The summed E-state index contributed by atoms with van der Waals surface area (Å²) in [6.07, 6.45) is 5.79. The lowest BCUT2D eigenvalue weighted by Crippen LogP contribution is -2.37. The highest BCUT2D eigenvalue weighted by Gasteiger charge is 2.21. The van der Waals surface area contributed by atoms with Crippen LogP contribution in [0.3, 0.4) is 0 Å².